The fourth-order valence-corrected chi connectivity index (χ4v) is 2.90. The smallest absolute Gasteiger partial charge is 0.355 e. The van der Waals surface area contributed by atoms with Crippen LogP contribution in [0.2, 0.25) is 5.02 Å². The first-order valence-electron chi connectivity index (χ1n) is 8.62. The lowest BCUT2D eigenvalue weighted by Crippen LogP contribution is -2.36. The first kappa shape index (κ1) is 21.9. The normalized spacial score (nSPS) is 16.3. The second-order valence-corrected chi connectivity index (χ2v) is 6.27. The SMILES string of the molecule is COCCOC(=O)C1=NNC(C)=C(C(=O)OCCOC)C1c1ccccc1Cl. The van der Waals surface area contributed by atoms with Gasteiger partial charge in [-0.25, -0.2) is 9.59 Å². The van der Waals surface area contributed by atoms with Gasteiger partial charge in [0.05, 0.1) is 24.7 Å². The van der Waals surface area contributed by atoms with Crippen molar-refractivity contribution in [2.24, 2.45) is 5.10 Å². The molecule has 1 atom stereocenters. The van der Waals surface area contributed by atoms with Gasteiger partial charge in [0, 0.05) is 24.9 Å². The Morgan fingerprint density at radius 1 is 1.04 bits per heavy atom. The number of halogens is 1. The lowest BCUT2D eigenvalue weighted by atomic mass is 9.84. The molecule has 0 saturated heterocycles. The standard InChI is InChI=1S/C19H23ClN2O6/c1-12-15(18(23)27-10-8-25-2)16(13-6-4-5-7-14(13)20)17(22-21-12)19(24)28-11-9-26-3/h4-7,16,21H,8-11H2,1-3H3. The van der Waals surface area contributed by atoms with Gasteiger partial charge in [0.1, 0.15) is 13.2 Å². The molecule has 1 aliphatic rings. The van der Waals surface area contributed by atoms with Crippen LogP contribution in [0.15, 0.2) is 40.6 Å². The minimum atomic E-state index is -0.833. The van der Waals surface area contributed by atoms with E-state index in [0.29, 0.717) is 16.3 Å². The van der Waals surface area contributed by atoms with Gasteiger partial charge in [0.25, 0.3) is 0 Å². The molecule has 0 aliphatic carbocycles. The summed E-state index contributed by atoms with van der Waals surface area (Å²) in [5.41, 5.74) is 3.95. The van der Waals surface area contributed by atoms with Gasteiger partial charge < -0.3 is 18.9 Å². The maximum atomic E-state index is 12.8. The topological polar surface area (TPSA) is 95.5 Å². The summed E-state index contributed by atoms with van der Waals surface area (Å²) >= 11 is 6.36. The van der Waals surface area contributed by atoms with Gasteiger partial charge in [0.15, 0.2) is 5.71 Å². The first-order chi connectivity index (χ1) is 13.5. The molecule has 0 radical (unpaired) electrons. The molecule has 0 saturated carbocycles. The summed E-state index contributed by atoms with van der Waals surface area (Å²) in [6.45, 7) is 2.30. The zero-order valence-corrected chi connectivity index (χ0v) is 16.7. The minimum absolute atomic E-state index is 0.00787. The van der Waals surface area contributed by atoms with Gasteiger partial charge in [-0.3, -0.25) is 5.43 Å². The molecule has 1 N–H and O–H groups in total. The first-order valence-corrected chi connectivity index (χ1v) is 9.00. The molecule has 1 heterocycles. The van der Waals surface area contributed by atoms with Gasteiger partial charge in [-0.15, -0.1) is 0 Å². The summed E-state index contributed by atoms with van der Waals surface area (Å²) in [4.78, 5) is 25.4. The van der Waals surface area contributed by atoms with Crippen LogP contribution in [0.4, 0.5) is 0 Å². The number of allylic oxidation sites excluding steroid dienone is 1. The zero-order valence-electron chi connectivity index (χ0n) is 16.0. The molecule has 28 heavy (non-hydrogen) atoms. The number of rotatable bonds is 9. The van der Waals surface area contributed by atoms with E-state index in [1.54, 1.807) is 31.2 Å². The van der Waals surface area contributed by atoms with Crippen LogP contribution in [0.1, 0.15) is 18.4 Å². The second kappa shape index (κ2) is 10.8. The van der Waals surface area contributed by atoms with E-state index in [0.717, 1.165) is 0 Å². The Kier molecular flexibility index (Phi) is 8.43. The van der Waals surface area contributed by atoms with Crippen LogP contribution in [0, 0.1) is 0 Å². The van der Waals surface area contributed by atoms with Gasteiger partial charge >= 0.3 is 11.9 Å². The average Bonchev–Trinajstić information content (AvgIpc) is 2.68. The van der Waals surface area contributed by atoms with Crippen LogP contribution < -0.4 is 5.43 Å². The van der Waals surface area contributed by atoms with Crippen LogP contribution in [-0.4, -0.2) is 58.3 Å². The predicted octanol–water partition coefficient (Wildman–Crippen LogP) is 2.04. The summed E-state index contributed by atoms with van der Waals surface area (Å²) in [5, 5.41) is 4.51. The lowest BCUT2D eigenvalue weighted by Gasteiger charge is -2.27. The van der Waals surface area contributed by atoms with Gasteiger partial charge in [0.2, 0.25) is 0 Å². The predicted molar refractivity (Wildman–Crippen MR) is 103 cm³/mol. The number of hydrogen-bond donors (Lipinski definition) is 1. The van der Waals surface area contributed by atoms with Crippen LogP contribution in [0.3, 0.4) is 0 Å². The Hall–Kier alpha value is -2.42. The number of benzene rings is 1. The summed E-state index contributed by atoms with van der Waals surface area (Å²) in [6, 6.07) is 6.93. The highest BCUT2D eigenvalue weighted by atomic mass is 35.5. The Bertz CT molecular complexity index is 777. The van der Waals surface area contributed by atoms with Crippen molar-refractivity contribution in [1.29, 1.82) is 0 Å². The van der Waals surface area contributed by atoms with Crippen molar-refractivity contribution >= 4 is 29.3 Å². The van der Waals surface area contributed by atoms with Gasteiger partial charge in [-0.1, -0.05) is 29.8 Å². The molecule has 0 bridgehead atoms. The monoisotopic (exact) mass is 410 g/mol. The second-order valence-electron chi connectivity index (χ2n) is 5.86. The molecular weight excluding hydrogens is 388 g/mol. The quantitative estimate of drug-likeness (QED) is 0.491. The number of carbonyl (C=O) groups is 2. The van der Waals surface area contributed by atoms with Crippen LogP contribution in [0.25, 0.3) is 0 Å². The highest BCUT2D eigenvalue weighted by Gasteiger charge is 2.38. The largest absolute Gasteiger partial charge is 0.460 e. The van der Waals surface area contributed by atoms with E-state index in [4.69, 9.17) is 30.5 Å². The van der Waals surface area contributed by atoms with Crippen molar-refractivity contribution in [3.05, 3.63) is 46.1 Å². The molecule has 152 valence electrons. The Morgan fingerprint density at radius 3 is 2.25 bits per heavy atom. The number of ether oxygens (including phenoxy) is 4. The molecule has 1 aromatic carbocycles. The van der Waals surface area contributed by atoms with Crippen molar-refractivity contribution in [1.82, 2.24) is 5.43 Å². The minimum Gasteiger partial charge on any atom is -0.460 e. The van der Waals surface area contributed by atoms with E-state index < -0.39 is 17.9 Å². The maximum absolute atomic E-state index is 12.8. The maximum Gasteiger partial charge on any atom is 0.355 e. The summed E-state index contributed by atoms with van der Waals surface area (Å²) in [6.07, 6.45) is 0. The lowest BCUT2D eigenvalue weighted by molar-refractivity contribution is -0.140. The van der Waals surface area contributed by atoms with Gasteiger partial charge in [-0.2, -0.15) is 5.10 Å². The molecular formula is C19H23ClN2O6. The fraction of sp³-hybridized carbons (Fsp3) is 0.421. The number of esters is 2. The van der Waals surface area contributed by atoms with E-state index in [9.17, 15) is 9.59 Å². The van der Waals surface area contributed by atoms with E-state index in [1.807, 2.05) is 0 Å². The Balaban J connectivity index is 2.40. The van der Waals surface area contributed by atoms with E-state index >= 15 is 0 Å². The summed E-state index contributed by atoms with van der Waals surface area (Å²) in [7, 11) is 3.01. The highest BCUT2D eigenvalue weighted by molar-refractivity contribution is 6.41. The van der Waals surface area contributed by atoms with E-state index in [-0.39, 0.29) is 37.7 Å². The molecule has 1 aliphatic heterocycles. The van der Waals surface area contributed by atoms with Crippen molar-refractivity contribution in [2.45, 2.75) is 12.8 Å². The Labute approximate surface area is 168 Å². The third-order valence-electron chi connectivity index (χ3n) is 4.00. The number of nitrogens with one attached hydrogen (secondary N) is 1. The molecule has 0 amide bonds. The zero-order chi connectivity index (χ0) is 20.5. The molecule has 2 rings (SSSR count). The fourth-order valence-electron chi connectivity index (χ4n) is 2.66. The molecule has 0 fully saturated rings. The molecule has 9 heteroatoms. The van der Waals surface area contributed by atoms with Crippen molar-refractivity contribution in [3.8, 4) is 0 Å². The van der Waals surface area contributed by atoms with Crippen LogP contribution >= 0.6 is 11.6 Å². The van der Waals surface area contributed by atoms with E-state index in [2.05, 4.69) is 10.5 Å². The number of methoxy groups -OCH3 is 2. The Morgan fingerprint density at radius 2 is 1.64 bits per heavy atom. The molecule has 1 unspecified atom stereocenters. The van der Waals surface area contributed by atoms with Crippen molar-refractivity contribution < 1.29 is 28.5 Å². The molecule has 0 aromatic heterocycles. The number of hydrogen-bond acceptors (Lipinski definition) is 8. The van der Waals surface area contributed by atoms with Gasteiger partial charge in [-0.05, 0) is 18.6 Å². The third kappa shape index (κ3) is 5.31. The van der Waals surface area contributed by atoms with Crippen molar-refractivity contribution in [3.63, 3.8) is 0 Å². The summed E-state index contributed by atoms with van der Waals surface area (Å²) in [5.74, 6) is -2.10. The average molecular weight is 411 g/mol. The summed E-state index contributed by atoms with van der Waals surface area (Å²) < 4.78 is 20.3. The van der Waals surface area contributed by atoms with Crippen LogP contribution in [0.5, 0.6) is 0 Å². The molecule has 1 aromatic rings. The highest BCUT2D eigenvalue weighted by Crippen LogP contribution is 2.35. The van der Waals surface area contributed by atoms with Crippen molar-refractivity contribution in [2.75, 3.05) is 40.6 Å². The number of carbonyl (C=O) groups excluding carboxylic acids is 2. The third-order valence-corrected chi connectivity index (χ3v) is 4.34. The number of nitrogens with zero attached hydrogens (tertiary/aromatic N) is 1. The molecule has 0 spiro atoms. The number of hydrazone groups is 1. The van der Waals surface area contributed by atoms with Crippen LogP contribution in [-0.2, 0) is 28.5 Å². The molecule has 8 nitrogen and oxygen atoms in total. The van der Waals surface area contributed by atoms with E-state index in [1.165, 1.54) is 14.2 Å².